The van der Waals surface area contributed by atoms with Gasteiger partial charge in [0.2, 0.25) is 0 Å². The van der Waals surface area contributed by atoms with Crippen LogP contribution in [0.1, 0.15) is 11.1 Å². The van der Waals surface area contributed by atoms with E-state index >= 15 is 0 Å². The second kappa shape index (κ2) is 6.24. The predicted molar refractivity (Wildman–Crippen MR) is 88.8 cm³/mol. The third-order valence-electron chi connectivity index (χ3n) is 3.08. The fraction of sp³-hybridized carbons (Fsp3) is 0. The van der Waals surface area contributed by atoms with Crippen molar-refractivity contribution in [2.75, 3.05) is 0 Å². The number of fused-ring (bicyclic) bond motifs is 1. The van der Waals surface area contributed by atoms with E-state index in [1.165, 1.54) is 12.3 Å². The zero-order chi connectivity index (χ0) is 16.3. The van der Waals surface area contributed by atoms with Gasteiger partial charge in [0, 0.05) is 16.0 Å². The largest absolute Gasteiger partial charge is 0.285 e. The molecule has 0 spiro atoms. The monoisotopic (exact) mass is 342 g/mol. The summed E-state index contributed by atoms with van der Waals surface area (Å²) in [6, 6.07) is 13.8. The Bertz CT molecular complexity index is 959. The molecule has 0 radical (unpaired) electrons. The molecule has 2 aromatic rings. The van der Waals surface area contributed by atoms with Gasteiger partial charge in [0.25, 0.3) is 10.0 Å². The molecule has 0 fully saturated rings. The van der Waals surface area contributed by atoms with Crippen LogP contribution in [0.5, 0.6) is 0 Å². The molecule has 0 aliphatic carbocycles. The van der Waals surface area contributed by atoms with Gasteiger partial charge in [0.15, 0.2) is 5.84 Å². The highest BCUT2D eigenvalue weighted by molar-refractivity contribution is 8.03. The molecular weight excluding hydrogens is 332 g/mol. The maximum absolute atomic E-state index is 11.9. The van der Waals surface area contributed by atoms with Crippen LogP contribution in [0, 0.1) is 10.7 Å². The summed E-state index contributed by atoms with van der Waals surface area (Å²) >= 11 is 1.03. The van der Waals surface area contributed by atoms with Crippen molar-refractivity contribution in [2.24, 2.45) is 9.50 Å². The van der Waals surface area contributed by atoms with Crippen molar-refractivity contribution < 1.29 is 8.42 Å². The van der Waals surface area contributed by atoms with Crippen LogP contribution in [-0.2, 0) is 10.0 Å². The SMILES string of the molecule is N#CSc1ccccc1C=NNC1=NS(=O)(=O)c2ccccc21. The molecule has 0 bridgehead atoms. The Hall–Kier alpha value is -2.63. The Kier molecular flexibility index (Phi) is 4.14. The molecular formula is C15H10N4O2S2. The molecule has 23 heavy (non-hydrogen) atoms. The summed E-state index contributed by atoms with van der Waals surface area (Å²) in [5.41, 5.74) is 3.90. The molecule has 1 aliphatic rings. The highest BCUT2D eigenvalue weighted by atomic mass is 32.2. The lowest BCUT2D eigenvalue weighted by molar-refractivity contribution is 0.599. The number of nitriles is 1. The number of amidine groups is 1. The fourth-order valence-corrected chi connectivity index (χ4v) is 3.73. The lowest BCUT2D eigenvalue weighted by atomic mass is 10.2. The molecule has 1 N–H and O–H groups in total. The summed E-state index contributed by atoms with van der Waals surface area (Å²) < 4.78 is 27.5. The molecule has 3 rings (SSSR count). The molecule has 2 aromatic carbocycles. The average Bonchev–Trinajstić information content (AvgIpc) is 2.81. The van der Waals surface area contributed by atoms with Crippen molar-refractivity contribution >= 4 is 33.8 Å². The van der Waals surface area contributed by atoms with E-state index in [4.69, 9.17) is 5.26 Å². The first-order valence-corrected chi connectivity index (χ1v) is 8.76. The van der Waals surface area contributed by atoms with Crippen LogP contribution in [-0.4, -0.2) is 20.5 Å². The number of thiocyanates is 1. The second-order valence-corrected chi connectivity index (χ2v) is 6.91. The fourth-order valence-electron chi connectivity index (χ4n) is 2.08. The lowest BCUT2D eigenvalue weighted by Gasteiger charge is -2.02. The lowest BCUT2D eigenvalue weighted by Crippen LogP contribution is -2.17. The first-order valence-electron chi connectivity index (χ1n) is 6.50. The summed E-state index contributed by atoms with van der Waals surface area (Å²) in [5, 5.41) is 14.8. The Morgan fingerprint density at radius 3 is 2.74 bits per heavy atom. The smallest absolute Gasteiger partial charge is 0.260 e. The van der Waals surface area contributed by atoms with Crippen molar-refractivity contribution in [1.29, 1.82) is 5.26 Å². The molecule has 0 amide bonds. The van der Waals surface area contributed by atoms with Gasteiger partial charge in [-0.3, -0.25) is 5.43 Å². The standard InChI is InChI=1S/C15H10N4O2S2/c16-10-22-13-7-3-1-5-11(13)9-17-18-15-12-6-2-4-8-14(12)23(20,21)19-15/h1-9H,(H,18,19). The van der Waals surface area contributed by atoms with E-state index in [1.807, 2.05) is 29.7 Å². The summed E-state index contributed by atoms with van der Waals surface area (Å²) in [5.74, 6) is 0.183. The Balaban J connectivity index is 1.84. The number of hydrogen-bond acceptors (Lipinski definition) is 6. The van der Waals surface area contributed by atoms with Gasteiger partial charge in [-0.15, -0.1) is 4.40 Å². The van der Waals surface area contributed by atoms with Gasteiger partial charge < -0.3 is 0 Å². The van der Waals surface area contributed by atoms with Crippen molar-refractivity contribution in [3.63, 3.8) is 0 Å². The van der Waals surface area contributed by atoms with Crippen LogP contribution < -0.4 is 5.43 Å². The molecule has 0 unspecified atom stereocenters. The minimum atomic E-state index is -3.66. The normalized spacial score (nSPS) is 15.0. The van der Waals surface area contributed by atoms with Crippen LogP contribution in [0.3, 0.4) is 0 Å². The molecule has 0 saturated carbocycles. The second-order valence-electron chi connectivity index (χ2n) is 4.51. The van der Waals surface area contributed by atoms with Crippen LogP contribution in [0.25, 0.3) is 0 Å². The molecule has 114 valence electrons. The molecule has 1 aliphatic heterocycles. The van der Waals surface area contributed by atoms with E-state index in [-0.39, 0.29) is 10.7 Å². The van der Waals surface area contributed by atoms with E-state index in [0.717, 1.165) is 22.2 Å². The first-order chi connectivity index (χ1) is 11.1. The number of benzene rings is 2. The third kappa shape index (κ3) is 3.11. The highest BCUT2D eigenvalue weighted by Crippen LogP contribution is 2.25. The van der Waals surface area contributed by atoms with Gasteiger partial charge >= 0.3 is 0 Å². The van der Waals surface area contributed by atoms with Gasteiger partial charge in [-0.05, 0) is 30.0 Å². The number of nitrogens with zero attached hydrogens (tertiary/aromatic N) is 3. The van der Waals surface area contributed by atoms with Crippen molar-refractivity contribution in [3.8, 4) is 5.40 Å². The van der Waals surface area contributed by atoms with E-state index in [2.05, 4.69) is 14.9 Å². The van der Waals surface area contributed by atoms with Crippen molar-refractivity contribution in [3.05, 3.63) is 59.7 Å². The number of nitrogens with one attached hydrogen (secondary N) is 1. The maximum atomic E-state index is 11.9. The number of sulfonamides is 1. The highest BCUT2D eigenvalue weighted by Gasteiger charge is 2.28. The third-order valence-corrected chi connectivity index (χ3v) is 5.10. The zero-order valence-corrected chi connectivity index (χ0v) is 13.3. The summed E-state index contributed by atoms with van der Waals surface area (Å²) in [4.78, 5) is 0.931. The van der Waals surface area contributed by atoms with Gasteiger partial charge in [-0.1, -0.05) is 30.3 Å². The topological polar surface area (TPSA) is 94.7 Å². The van der Waals surface area contributed by atoms with Crippen LogP contribution in [0.2, 0.25) is 0 Å². The van der Waals surface area contributed by atoms with Gasteiger partial charge in [0.05, 0.1) is 6.21 Å². The number of hydrazone groups is 1. The van der Waals surface area contributed by atoms with Crippen LogP contribution in [0.15, 0.2) is 67.8 Å². The van der Waals surface area contributed by atoms with E-state index in [1.54, 1.807) is 18.2 Å². The number of thioether (sulfide) groups is 1. The summed E-state index contributed by atoms with van der Waals surface area (Å²) in [6.07, 6.45) is 1.52. The van der Waals surface area contributed by atoms with Gasteiger partial charge in [-0.2, -0.15) is 18.8 Å². The maximum Gasteiger partial charge on any atom is 0.285 e. The predicted octanol–water partition coefficient (Wildman–Crippen LogP) is 2.33. The Morgan fingerprint density at radius 1 is 1.17 bits per heavy atom. The van der Waals surface area contributed by atoms with Crippen molar-refractivity contribution in [2.45, 2.75) is 9.79 Å². The number of hydrogen-bond donors (Lipinski definition) is 1. The molecule has 0 aromatic heterocycles. The van der Waals surface area contributed by atoms with Gasteiger partial charge in [-0.25, -0.2) is 0 Å². The van der Waals surface area contributed by atoms with Gasteiger partial charge in [0.1, 0.15) is 10.3 Å². The quantitative estimate of drug-likeness (QED) is 0.400. The summed E-state index contributed by atoms with van der Waals surface area (Å²) in [6.45, 7) is 0. The molecule has 6 nitrogen and oxygen atoms in total. The van der Waals surface area contributed by atoms with E-state index < -0.39 is 10.0 Å². The Labute approximate surface area is 137 Å². The molecule has 8 heteroatoms. The molecule has 0 atom stereocenters. The van der Waals surface area contributed by atoms with E-state index in [9.17, 15) is 8.42 Å². The first kappa shape index (κ1) is 15.3. The zero-order valence-electron chi connectivity index (χ0n) is 11.7. The summed E-state index contributed by atoms with van der Waals surface area (Å²) in [7, 11) is -3.66. The minimum absolute atomic E-state index is 0.165. The average molecular weight is 342 g/mol. The number of rotatable bonds is 3. The van der Waals surface area contributed by atoms with E-state index in [0.29, 0.717) is 5.56 Å². The Morgan fingerprint density at radius 2 is 1.91 bits per heavy atom. The molecule has 0 saturated heterocycles. The van der Waals surface area contributed by atoms with Crippen molar-refractivity contribution in [1.82, 2.24) is 5.43 Å². The molecule has 1 heterocycles. The van der Waals surface area contributed by atoms with Crippen LogP contribution in [0.4, 0.5) is 0 Å². The van der Waals surface area contributed by atoms with Crippen LogP contribution >= 0.6 is 11.8 Å². The minimum Gasteiger partial charge on any atom is -0.260 e.